The topological polar surface area (TPSA) is 84.4 Å². The molecule has 0 bridgehead atoms. The van der Waals surface area contributed by atoms with Crippen molar-refractivity contribution in [2.75, 3.05) is 13.1 Å². The molecule has 2 rings (SSSR count). The van der Waals surface area contributed by atoms with E-state index in [1.165, 1.54) is 18.6 Å². The predicted molar refractivity (Wildman–Crippen MR) is 80.3 cm³/mol. The molecule has 0 radical (unpaired) electrons. The summed E-state index contributed by atoms with van der Waals surface area (Å²) in [5, 5.41) is 2.82. The first kappa shape index (κ1) is 16.2. The second-order valence-electron chi connectivity index (χ2n) is 6.33. The SMILES string of the molecule is CC(C)(C)OC(=O)N[C@H]1CCCN(C(=O)c2cnccn2)C1. The molecular weight excluding hydrogens is 284 g/mol. The molecule has 1 aromatic heterocycles. The first-order chi connectivity index (χ1) is 10.3. The molecule has 1 aliphatic rings. The quantitative estimate of drug-likeness (QED) is 0.897. The highest BCUT2D eigenvalue weighted by Gasteiger charge is 2.27. The number of likely N-dealkylation sites (tertiary alicyclic amines) is 1. The molecule has 1 fully saturated rings. The first-order valence-corrected chi connectivity index (χ1v) is 7.40. The van der Waals surface area contributed by atoms with E-state index in [1.807, 2.05) is 20.8 Å². The molecule has 0 aliphatic carbocycles. The fourth-order valence-electron chi connectivity index (χ4n) is 2.33. The zero-order valence-corrected chi connectivity index (χ0v) is 13.2. The number of carbonyl (C=O) groups excluding carboxylic acids is 2. The molecule has 1 saturated heterocycles. The summed E-state index contributed by atoms with van der Waals surface area (Å²) in [5.41, 5.74) is -0.214. The third-order valence-electron chi connectivity index (χ3n) is 3.21. The third kappa shape index (κ3) is 4.68. The molecule has 1 N–H and O–H groups in total. The molecule has 0 spiro atoms. The van der Waals surface area contributed by atoms with E-state index in [4.69, 9.17) is 4.74 Å². The Hall–Kier alpha value is -2.18. The van der Waals surface area contributed by atoms with Crippen molar-refractivity contribution in [3.8, 4) is 0 Å². The number of hydrogen-bond acceptors (Lipinski definition) is 5. The number of nitrogens with zero attached hydrogens (tertiary/aromatic N) is 3. The van der Waals surface area contributed by atoms with Gasteiger partial charge in [-0.2, -0.15) is 0 Å². The summed E-state index contributed by atoms with van der Waals surface area (Å²) < 4.78 is 5.24. The highest BCUT2D eigenvalue weighted by Crippen LogP contribution is 2.14. The maximum Gasteiger partial charge on any atom is 0.407 e. The van der Waals surface area contributed by atoms with Crippen LogP contribution in [0.25, 0.3) is 0 Å². The van der Waals surface area contributed by atoms with Gasteiger partial charge in [0.1, 0.15) is 11.3 Å². The number of carbonyl (C=O) groups is 2. The van der Waals surface area contributed by atoms with Crippen molar-refractivity contribution in [2.24, 2.45) is 0 Å². The second kappa shape index (κ2) is 6.72. The smallest absolute Gasteiger partial charge is 0.407 e. The van der Waals surface area contributed by atoms with Gasteiger partial charge in [0, 0.05) is 31.5 Å². The molecule has 7 heteroatoms. The summed E-state index contributed by atoms with van der Waals surface area (Å²) in [4.78, 5) is 33.8. The summed E-state index contributed by atoms with van der Waals surface area (Å²) in [6.45, 7) is 6.56. The van der Waals surface area contributed by atoms with Gasteiger partial charge >= 0.3 is 6.09 Å². The van der Waals surface area contributed by atoms with Gasteiger partial charge in [-0.1, -0.05) is 0 Å². The van der Waals surface area contributed by atoms with Crippen LogP contribution in [0.4, 0.5) is 4.79 Å². The lowest BCUT2D eigenvalue weighted by Crippen LogP contribution is -2.50. The van der Waals surface area contributed by atoms with Crippen molar-refractivity contribution in [3.63, 3.8) is 0 Å². The van der Waals surface area contributed by atoms with Gasteiger partial charge in [0.05, 0.1) is 6.20 Å². The Labute approximate surface area is 130 Å². The van der Waals surface area contributed by atoms with Crippen molar-refractivity contribution in [3.05, 3.63) is 24.3 Å². The maximum atomic E-state index is 12.3. The normalized spacial score (nSPS) is 18.7. The van der Waals surface area contributed by atoms with Gasteiger partial charge in [0.2, 0.25) is 0 Å². The monoisotopic (exact) mass is 306 g/mol. The number of piperidine rings is 1. The number of nitrogens with one attached hydrogen (secondary N) is 1. The van der Waals surface area contributed by atoms with E-state index in [0.29, 0.717) is 18.8 Å². The Morgan fingerprint density at radius 1 is 1.36 bits per heavy atom. The molecule has 22 heavy (non-hydrogen) atoms. The van der Waals surface area contributed by atoms with Crippen LogP contribution in [-0.2, 0) is 4.74 Å². The average Bonchev–Trinajstić information content (AvgIpc) is 2.45. The molecule has 1 aliphatic heterocycles. The molecule has 0 unspecified atom stereocenters. The molecule has 0 aromatic carbocycles. The van der Waals surface area contributed by atoms with Crippen LogP contribution in [0.1, 0.15) is 44.1 Å². The number of rotatable bonds is 2. The van der Waals surface area contributed by atoms with E-state index < -0.39 is 11.7 Å². The lowest BCUT2D eigenvalue weighted by Gasteiger charge is -2.33. The molecular formula is C15H22N4O3. The minimum Gasteiger partial charge on any atom is -0.444 e. The van der Waals surface area contributed by atoms with Crippen LogP contribution >= 0.6 is 0 Å². The van der Waals surface area contributed by atoms with Crippen molar-refractivity contribution >= 4 is 12.0 Å². The first-order valence-electron chi connectivity index (χ1n) is 7.40. The van der Waals surface area contributed by atoms with Gasteiger partial charge in [-0.15, -0.1) is 0 Å². The standard InChI is InChI=1S/C15H22N4O3/c1-15(2,3)22-14(21)18-11-5-4-8-19(10-11)13(20)12-9-16-6-7-17-12/h6-7,9,11H,4-5,8,10H2,1-3H3,(H,18,21)/t11-/m0/s1. The minimum absolute atomic E-state index is 0.107. The van der Waals surface area contributed by atoms with Crippen molar-refractivity contribution in [1.29, 1.82) is 0 Å². The third-order valence-corrected chi connectivity index (χ3v) is 3.21. The van der Waals surface area contributed by atoms with Crippen LogP contribution in [0.2, 0.25) is 0 Å². The van der Waals surface area contributed by atoms with Crippen molar-refractivity contribution in [1.82, 2.24) is 20.2 Å². The zero-order valence-electron chi connectivity index (χ0n) is 13.2. The van der Waals surface area contributed by atoms with Crippen LogP contribution in [-0.4, -0.2) is 51.6 Å². The summed E-state index contributed by atoms with van der Waals surface area (Å²) in [6.07, 6.45) is 5.67. The Morgan fingerprint density at radius 3 is 2.77 bits per heavy atom. The Morgan fingerprint density at radius 2 is 2.14 bits per heavy atom. The van der Waals surface area contributed by atoms with Gasteiger partial charge in [-0.05, 0) is 33.6 Å². The fraction of sp³-hybridized carbons (Fsp3) is 0.600. The van der Waals surface area contributed by atoms with E-state index in [0.717, 1.165) is 12.8 Å². The Bertz CT molecular complexity index is 527. The number of alkyl carbamates (subject to hydrolysis) is 1. The zero-order chi connectivity index (χ0) is 16.2. The lowest BCUT2D eigenvalue weighted by molar-refractivity contribution is 0.0451. The van der Waals surface area contributed by atoms with Crippen molar-refractivity contribution < 1.29 is 14.3 Å². The number of ether oxygens (including phenoxy) is 1. The molecule has 120 valence electrons. The summed E-state index contributed by atoms with van der Waals surface area (Å²) in [5.74, 6) is -0.163. The minimum atomic E-state index is -0.534. The van der Waals surface area contributed by atoms with Gasteiger partial charge in [-0.3, -0.25) is 9.78 Å². The molecule has 7 nitrogen and oxygen atoms in total. The van der Waals surface area contributed by atoms with E-state index in [9.17, 15) is 9.59 Å². The van der Waals surface area contributed by atoms with Crippen molar-refractivity contribution in [2.45, 2.75) is 45.3 Å². The molecule has 2 heterocycles. The molecule has 1 atom stereocenters. The summed E-state index contributed by atoms with van der Waals surface area (Å²) in [7, 11) is 0. The predicted octanol–water partition coefficient (Wildman–Crippen LogP) is 1.61. The second-order valence-corrected chi connectivity index (χ2v) is 6.33. The number of aromatic nitrogens is 2. The van der Waals surface area contributed by atoms with Crippen LogP contribution in [0, 0.1) is 0 Å². The Kier molecular flexibility index (Phi) is 4.95. The van der Waals surface area contributed by atoms with Gasteiger partial charge in [0.15, 0.2) is 0 Å². The van der Waals surface area contributed by atoms with Gasteiger partial charge < -0.3 is 15.0 Å². The van der Waals surface area contributed by atoms with E-state index in [2.05, 4.69) is 15.3 Å². The van der Waals surface area contributed by atoms with E-state index >= 15 is 0 Å². The van der Waals surface area contributed by atoms with Gasteiger partial charge in [-0.25, -0.2) is 9.78 Å². The lowest BCUT2D eigenvalue weighted by atomic mass is 10.1. The molecule has 1 aromatic rings. The largest absolute Gasteiger partial charge is 0.444 e. The summed E-state index contributed by atoms with van der Waals surface area (Å²) >= 11 is 0. The molecule has 2 amide bonds. The number of amides is 2. The highest BCUT2D eigenvalue weighted by molar-refractivity contribution is 5.92. The number of hydrogen-bond donors (Lipinski definition) is 1. The van der Waals surface area contributed by atoms with Crippen LogP contribution in [0.5, 0.6) is 0 Å². The van der Waals surface area contributed by atoms with E-state index in [1.54, 1.807) is 4.90 Å². The van der Waals surface area contributed by atoms with E-state index in [-0.39, 0.29) is 11.9 Å². The van der Waals surface area contributed by atoms with Crippen LogP contribution in [0.3, 0.4) is 0 Å². The maximum absolute atomic E-state index is 12.3. The Balaban J connectivity index is 1.92. The average molecular weight is 306 g/mol. The van der Waals surface area contributed by atoms with Crippen LogP contribution in [0.15, 0.2) is 18.6 Å². The molecule has 0 saturated carbocycles. The van der Waals surface area contributed by atoms with Gasteiger partial charge in [0.25, 0.3) is 5.91 Å². The highest BCUT2D eigenvalue weighted by atomic mass is 16.6. The summed E-state index contributed by atoms with van der Waals surface area (Å²) in [6, 6.07) is -0.107. The van der Waals surface area contributed by atoms with Crippen LogP contribution < -0.4 is 5.32 Å². The fourth-order valence-corrected chi connectivity index (χ4v) is 2.33.